The van der Waals surface area contributed by atoms with Crippen LogP contribution in [0.15, 0.2) is 35.3 Å². The summed E-state index contributed by atoms with van der Waals surface area (Å²) in [6.07, 6.45) is 2.98. The molecule has 23 heteroatoms. The van der Waals surface area contributed by atoms with Gasteiger partial charge in [0.2, 0.25) is 47.3 Å². The second-order valence-corrected chi connectivity index (χ2v) is 15.5. The lowest BCUT2D eigenvalue weighted by atomic mass is 10.0. The summed E-state index contributed by atoms with van der Waals surface area (Å²) in [4.78, 5) is 109. The van der Waals surface area contributed by atoms with E-state index in [9.17, 15) is 38.4 Å². The minimum Gasteiger partial charge on any atom is -0.370 e. The van der Waals surface area contributed by atoms with Crippen molar-refractivity contribution in [3.63, 3.8) is 0 Å². The molecule has 23 nitrogen and oxygen atoms in total. The van der Waals surface area contributed by atoms with Gasteiger partial charge in [0.05, 0.1) is 19.6 Å². The summed E-state index contributed by atoms with van der Waals surface area (Å²) in [5.74, 6) is -3.96. The third-order valence-corrected chi connectivity index (χ3v) is 9.63. The normalized spacial score (nSPS) is 12.1. The number of nitrogens with two attached hydrogens (primary N) is 7. The monoisotopic (exact) mass is 904 g/mol. The Morgan fingerprint density at radius 2 is 1.03 bits per heavy atom. The minimum absolute atomic E-state index is 0.0306. The third-order valence-electron chi connectivity index (χ3n) is 9.63. The molecule has 0 saturated heterocycles. The summed E-state index contributed by atoms with van der Waals surface area (Å²) < 4.78 is 0. The Morgan fingerprint density at radius 1 is 0.594 bits per heavy atom. The number of hydrogen-bond donors (Lipinski definition) is 11. The molecule has 18 N–H and O–H groups in total. The van der Waals surface area contributed by atoms with Gasteiger partial charge in [-0.3, -0.25) is 43.3 Å². The fourth-order valence-electron chi connectivity index (χ4n) is 6.28. The van der Waals surface area contributed by atoms with Gasteiger partial charge in [0.15, 0.2) is 5.96 Å². The molecule has 3 atom stereocenters. The second kappa shape index (κ2) is 32.7. The highest BCUT2D eigenvalue weighted by molar-refractivity contribution is 5.87. The van der Waals surface area contributed by atoms with Crippen molar-refractivity contribution < 1.29 is 38.4 Å². The molecule has 0 aliphatic carbocycles. The standard InChI is InChI=1S/C41H73N15O8/c1-29(57)49-16-19-54(40(64)25-33(45)22-30-8-3-2-4-9-30)27-36(60)51-18-21-56(38(62)23-31(43)10-5-6-13-42)28-37(61)52-17-20-55(26-35(59)50-15-12-34(46)58)39(63)24-32(44)11-7-14-53-41(47)48/h2-4,8-9,31-33H,5-7,10-28,42-45H2,1H3,(H2,46,58)(H,49,57)(H,50,59)(H,51,60)(H,52,61)(H4,47,48,53)/t31-,32-,33-/m0/s1. The molecule has 64 heavy (non-hydrogen) atoms. The zero-order valence-electron chi connectivity index (χ0n) is 37.3. The smallest absolute Gasteiger partial charge is 0.239 e. The molecule has 1 aromatic carbocycles. The average Bonchev–Trinajstić information content (AvgIpc) is 3.21. The number of nitrogens with one attached hydrogen (secondary N) is 4. The van der Waals surface area contributed by atoms with Crippen LogP contribution < -0.4 is 61.4 Å². The van der Waals surface area contributed by atoms with Gasteiger partial charge in [0.25, 0.3) is 0 Å². The van der Waals surface area contributed by atoms with Crippen molar-refractivity contribution in [1.82, 2.24) is 36.0 Å². The number of aliphatic imine (C=N–C) groups is 1. The average molecular weight is 904 g/mol. The number of benzene rings is 1. The number of unbranched alkanes of at least 4 members (excludes halogenated alkanes) is 1. The molecule has 1 aromatic rings. The number of nitrogens with zero attached hydrogens (tertiary/aromatic N) is 4. The molecule has 0 spiro atoms. The summed E-state index contributed by atoms with van der Waals surface area (Å²) in [7, 11) is 0. The van der Waals surface area contributed by atoms with E-state index in [0.717, 1.165) is 12.0 Å². The van der Waals surface area contributed by atoms with Gasteiger partial charge in [0.1, 0.15) is 0 Å². The summed E-state index contributed by atoms with van der Waals surface area (Å²) in [5, 5.41) is 10.5. The van der Waals surface area contributed by atoms with Crippen LogP contribution in [-0.2, 0) is 44.8 Å². The highest BCUT2D eigenvalue weighted by Crippen LogP contribution is 2.08. The van der Waals surface area contributed by atoms with E-state index in [1.54, 1.807) is 0 Å². The van der Waals surface area contributed by atoms with Crippen LogP contribution in [0.4, 0.5) is 0 Å². The quantitative estimate of drug-likeness (QED) is 0.0176. The van der Waals surface area contributed by atoms with E-state index in [1.165, 1.54) is 21.6 Å². The van der Waals surface area contributed by atoms with Crippen molar-refractivity contribution in [3.8, 4) is 0 Å². The van der Waals surface area contributed by atoms with Crippen molar-refractivity contribution in [3.05, 3.63) is 35.9 Å². The zero-order valence-corrected chi connectivity index (χ0v) is 37.3. The molecule has 0 radical (unpaired) electrons. The van der Waals surface area contributed by atoms with Crippen molar-refractivity contribution in [2.24, 2.45) is 45.1 Å². The van der Waals surface area contributed by atoms with Crippen LogP contribution in [0.3, 0.4) is 0 Å². The number of guanidine groups is 1. The predicted octanol–water partition coefficient (Wildman–Crippen LogP) is -4.59. The van der Waals surface area contributed by atoms with Crippen LogP contribution in [0.25, 0.3) is 0 Å². The summed E-state index contributed by atoms with van der Waals surface area (Å²) >= 11 is 0. The number of hydrogen-bond acceptors (Lipinski definition) is 13. The van der Waals surface area contributed by atoms with Gasteiger partial charge in [-0.1, -0.05) is 36.8 Å². The molecule has 0 saturated carbocycles. The van der Waals surface area contributed by atoms with Crippen LogP contribution in [0, 0.1) is 0 Å². The Hall–Kier alpha value is -5.91. The molecule has 0 aromatic heterocycles. The molecular weight excluding hydrogens is 831 g/mol. The molecule has 0 heterocycles. The molecule has 360 valence electrons. The van der Waals surface area contributed by atoms with E-state index in [1.807, 2.05) is 30.3 Å². The van der Waals surface area contributed by atoms with Gasteiger partial charge < -0.3 is 76.1 Å². The highest BCUT2D eigenvalue weighted by Gasteiger charge is 2.24. The molecule has 0 fully saturated rings. The van der Waals surface area contributed by atoms with Crippen LogP contribution in [-0.4, -0.2) is 165 Å². The Kier molecular flexibility index (Phi) is 28.7. The zero-order chi connectivity index (χ0) is 47.9. The number of carbonyl (C=O) groups is 8. The Bertz CT molecular complexity index is 1650. The van der Waals surface area contributed by atoms with E-state index in [4.69, 9.17) is 40.1 Å². The van der Waals surface area contributed by atoms with E-state index in [2.05, 4.69) is 26.3 Å². The molecule has 0 aliphatic rings. The van der Waals surface area contributed by atoms with Gasteiger partial charge in [-0.2, -0.15) is 0 Å². The number of rotatable bonds is 34. The van der Waals surface area contributed by atoms with Crippen molar-refractivity contribution in [2.75, 3.05) is 78.5 Å². The maximum absolute atomic E-state index is 13.5. The molecular formula is C41H73N15O8. The van der Waals surface area contributed by atoms with Crippen molar-refractivity contribution >= 4 is 53.2 Å². The Morgan fingerprint density at radius 3 is 1.47 bits per heavy atom. The Labute approximate surface area is 375 Å². The number of amides is 8. The van der Waals surface area contributed by atoms with Crippen LogP contribution >= 0.6 is 0 Å². The minimum atomic E-state index is -0.615. The fraction of sp³-hybridized carbons (Fsp3) is 0.634. The van der Waals surface area contributed by atoms with Gasteiger partial charge in [-0.15, -0.1) is 0 Å². The van der Waals surface area contributed by atoms with Crippen LogP contribution in [0.2, 0.25) is 0 Å². The number of primary amides is 1. The van der Waals surface area contributed by atoms with Gasteiger partial charge in [-0.25, -0.2) is 0 Å². The van der Waals surface area contributed by atoms with Gasteiger partial charge in [-0.05, 0) is 44.2 Å². The summed E-state index contributed by atoms with van der Waals surface area (Å²) in [6, 6.07) is 7.81. The molecule has 0 aliphatic heterocycles. The molecule has 0 unspecified atom stereocenters. The van der Waals surface area contributed by atoms with Crippen molar-refractivity contribution in [2.45, 2.75) is 89.3 Å². The molecule has 1 rings (SSSR count). The van der Waals surface area contributed by atoms with Crippen LogP contribution in [0.1, 0.15) is 70.3 Å². The van der Waals surface area contributed by atoms with Gasteiger partial charge >= 0.3 is 0 Å². The van der Waals surface area contributed by atoms with Crippen molar-refractivity contribution in [1.29, 1.82) is 0 Å². The van der Waals surface area contributed by atoms with Crippen LogP contribution in [0.5, 0.6) is 0 Å². The topological polar surface area (TPSA) is 389 Å². The first-order valence-corrected chi connectivity index (χ1v) is 21.6. The maximum Gasteiger partial charge on any atom is 0.239 e. The largest absolute Gasteiger partial charge is 0.370 e. The SMILES string of the molecule is CC(=O)NCCN(CC(=O)NCCN(CC(=O)NCCN(CC(=O)NCCC(N)=O)C(=O)C[C@@H](N)CCCN=C(N)N)C(=O)C[C@@H](N)CCCCN)C(=O)C[C@@H](N)Cc1ccccc1. The lowest BCUT2D eigenvalue weighted by Gasteiger charge is -2.26. The first kappa shape index (κ1) is 56.1. The first-order chi connectivity index (χ1) is 30.4. The summed E-state index contributed by atoms with van der Waals surface area (Å²) in [5.41, 5.74) is 41.1. The van der Waals surface area contributed by atoms with E-state index in [0.29, 0.717) is 45.2 Å². The Balaban J connectivity index is 3.00. The lowest BCUT2D eigenvalue weighted by molar-refractivity contribution is -0.137. The molecule has 0 bridgehead atoms. The second-order valence-electron chi connectivity index (χ2n) is 15.5. The third kappa shape index (κ3) is 27.9. The molecule has 8 amide bonds. The lowest BCUT2D eigenvalue weighted by Crippen LogP contribution is -2.49. The predicted molar refractivity (Wildman–Crippen MR) is 242 cm³/mol. The highest BCUT2D eigenvalue weighted by atomic mass is 16.2. The number of carbonyl (C=O) groups excluding carboxylic acids is 8. The van der Waals surface area contributed by atoms with E-state index >= 15 is 0 Å². The summed E-state index contributed by atoms with van der Waals surface area (Å²) in [6.45, 7) is 0.715. The first-order valence-electron chi connectivity index (χ1n) is 21.6. The fourth-order valence-corrected chi connectivity index (χ4v) is 6.28. The maximum atomic E-state index is 13.5. The van der Waals surface area contributed by atoms with Gasteiger partial charge in [0, 0.05) is 103 Å². The van der Waals surface area contributed by atoms with E-state index < -0.39 is 66.7 Å². The van der Waals surface area contributed by atoms with E-state index in [-0.39, 0.29) is 95.8 Å².